The largest absolute Gasteiger partial charge is 0.380 e. The monoisotopic (exact) mass is 406 g/mol. The molecule has 0 fully saturated rings. The van der Waals surface area contributed by atoms with E-state index in [1.807, 2.05) is 18.2 Å². The second-order valence-electron chi connectivity index (χ2n) is 4.97. The van der Waals surface area contributed by atoms with Crippen molar-refractivity contribution in [2.75, 3.05) is 26.8 Å². The number of rotatable bonds is 8. The van der Waals surface area contributed by atoms with E-state index in [2.05, 4.69) is 34.5 Å². The molecule has 0 unspecified atom stereocenters. The number of halogens is 1. The molecule has 0 aromatic carbocycles. The van der Waals surface area contributed by atoms with Gasteiger partial charge in [0, 0.05) is 26.4 Å². The van der Waals surface area contributed by atoms with Crippen LogP contribution in [0.15, 0.2) is 29.4 Å². The number of ether oxygens (including phenoxy) is 1. The highest BCUT2D eigenvalue weighted by Gasteiger charge is 1.98. The zero-order chi connectivity index (χ0) is 14.6. The third-order valence-electron chi connectivity index (χ3n) is 2.77. The molecule has 0 saturated heterocycles. The van der Waals surface area contributed by atoms with Crippen LogP contribution < -0.4 is 10.6 Å². The Morgan fingerprint density at radius 3 is 2.71 bits per heavy atom. The topological polar surface area (TPSA) is 58.5 Å². The SMILES string of the molecule is CN=C(NCCOCCC(C)C)NCc1ccccn1.I. The molecule has 5 nitrogen and oxygen atoms in total. The van der Waals surface area contributed by atoms with Gasteiger partial charge in [-0.25, -0.2) is 0 Å². The highest BCUT2D eigenvalue weighted by Crippen LogP contribution is 1.98. The maximum Gasteiger partial charge on any atom is 0.191 e. The molecule has 0 aliphatic carbocycles. The number of pyridine rings is 1. The second kappa shape index (κ2) is 12.8. The number of hydrogen-bond acceptors (Lipinski definition) is 3. The number of aliphatic imine (C=N–C) groups is 1. The summed E-state index contributed by atoms with van der Waals surface area (Å²) in [4.78, 5) is 8.41. The van der Waals surface area contributed by atoms with Crippen molar-refractivity contribution < 1.29 is 4.74 Å². The fourth-order valence-electron chi connectivity index (χ4n) is 1.56. The van der Waals surface area contributed by atoms with Crippen molar-refractivity contribution in [1.29, 1.82) is 0 Å². The first-order valence-electron chi connectivity index (χ1n) is 7.14. The van der Waals surface area contributed by atoms with Gasteiger partial charge >= 0.3 is 0 Å². The second-order valence-corrected chi connectivity index (χ2v) is 4.97. The Hall–Kier alpha value is -0.890. The van der Waals surface area contributed by atoms with Crippen molar-refractivity contribution >= 4 is 29.9 Å². The van der Waals surface area contributed by atoms with Crippen LogP contribution in [0.2, 0.25) is 0 Å². The Morgan fingerprint density at radius 2 is 2.10 bits per heavy atom. The van der Waals surface area contributed by atoms with Gasteiger partial charge in [0.05, 0.1) is 18.8 Å². The van der Waals surface area contributed by atoms with Gasteiger partial charge in [-0.15, -0.1) is 24.0 Å². The van der Waals surface area contributed by atoms with Crippen LogP contribution in [-0.4, -0.2) is 37.7 Å². The van der Waals surface area contributed by atoms with E-state index in [4.69, 9.17) is 4.74 Å². The standard InChI is InChI=1S/C15H26N4O.HI/c1-13(2)7-10-20-11-9-18-15(16-3)19-12-14-6-4-5-8-17-14;/h4-6,8,13H,7,9-12H2,1-3H3,(H2,16,18,19);1H. The molecule has 0 saturated carbocycles. The van der Waals surface area contributed by atoms with Crippen molar-refractivity contribution in [2.45, 2.75) is 26.8 Å². The molecule has 2 N–H and O–H groups in total. The minimum atomic E-state index is 0. The van der Waals surface area contributed by atoms with Gasteiger partial charge in [0.2, 0.25) is 0 Å². The molecule has 0 amide bonds. The van der Waals surface area contributed by atoms with Gasteiger partial charge < -0.3 is 15.4 Å². The van der Waals surface area contributed by atoms with Crippen LogP contribution in [0.5, 0.6) is 0 Å². The molecule has 1 heterocycles. The van der Waals surface area contributed by atoms with E-state index in [9.17, 15) is 0 Å². The maximum absolute atomic E-state index is 5.54. The Labute approximate surface area is 145 Å². The molecule has 1 aromatic rings. The van der Waals surface area contributed by atoms with Gasteiger partial charge in [0.15, 0.2) is 5.96 Å². The van der Waals surface area contributed by atoms with Crippen molar-refractivity contribution in [2.24, 2.45) is 10.9 Å². The smallest absolute Gasteiger partial charge is 0.191 e. The first-order chi connectivity index (χ1) is 9.72. The molecule has 0 atom stereocenters. The van der Waals surface area contributed by atoms with E-state index in [0.29, 0.717) is 19.1 Å². The van der Waals surface area contributed by atoms with E-state index in [0.717, 1.165) is 31.2 Å². The summed E-state index contributed by atoms with van der Waals surface area (Å²) in [5.41, 5.74) is 0.989. The average Bonchev–Trinajstić information content (AvgIpc) is 2.46. The van der Waals surface area contributed by atoms with Crippen LogP contribution in [0.4, 0.5) is 0 Å². The molecular formula is C15H27IN4O. The molecule has 6 heteroatoms. The molecule has 0 spiro atoms. The van der Waals surface area contributed by atoms with E-state index in [1.54, 1.807) is 13.2 Å². The van der Waals surface area contributed by atoms with Gasteiger partial charge in [-0.3, -0.25) is 9.98 Å². The molecule has 120 valence electrons. The van der Waals surface area contributed by atoms with Gasteiger partial charge in [0.1, 0.15) is 0 Å². The molecule has 0 aliphatic rings. The zero-order valence-electron chi connectivity index (χ0n) is 13.1. The molecule has 0 radical (unpaired) electrons. The molecule has 0 bridgehead atoms. The lowest BCUT2D eigenvalue weighted by atomic mass is 10.1. The minimum Gasteiger partial charge on any atom is -0.380 e. The number of hydrogen-bond donors (Lipinski definition) is 2. The van der Waals surface area contributed by atoms with Crippen molar-refractivity contribution in [1.82, 2.24) is 15.6 Å². The fourth-order valence-corrected chi connectivity index (χ4v) is 1.56. The Balaban J connectivity index is 0.00000400. The summed E-state index contributed by atoms with van der Waals surface area (Å²) in [7, 11) is 1.76. The van der Waals surface area contributed by atoms with E-state index < -0.39 is 0 Å². The van der Waals surface area contributed by atoms with Gasteiger partial charge in [-0.1, -0.05) is 19.9 Å². The quantitative estimate of drug-likeness (QED) is 0.301. The first-order valence-corrected chi connectivity index (χ1v) is 7.14. The van der Waals surface area contributed by atoms with Crippen LogP contribution in [-0.2, 0) is 11.3 Å². The fraction of sp³-hybridized carbons (Fsp3) is 0.600. The summed E-state index contributed by atoms with van der Waals surface area (Å²) in [5.74, 6) is 1.46. The van der Waals surface area contributed by atoms with Crippen LogP contribution in [0, 0.1) is 5.92 Å². The zero-order valence-corrected chi connectivity index (χ0v) is 15.5. The van der Waals surface area contributed by atoms with Gasteiger partial charge in [-0.2, -0.15) is 0 Å². The van der Waals surface area contributed by atoms with Crippen molar-refractivity contribution in [3.63, 3.8) is 0 Å². The van der Waals surface area contributed by atoms with Crippen molar-refractivity contribution in [3.05, 3.63) is 30.1 Å². The number of nitrogens with zero attached hydrogens (tertiary/aromatic N) is 2. The predicted octanol–water partition coefficient (Wildman–Crippen LogP) is 2.43. The van der Waals surface area contributed by atoms with Crippen LogP contribution in [0.3, 0.4) is 0 Å². The number of guanidine groups is 1. The Kier molecular flexibility index (Phi) is 12.3. The first kappa shape index (κ1) is 20.1. The normalized spacial score (nSPS) is 11.1. The lowest BCUT2D eigenvalue weighted by Gasteiger charge is -2.12. The summed E-state index contributed by atoms with van der Waals surface area (Å²) < 4.78 is 5.54. The predicted molar refractivity (Wildman–Crippen MR) is 98.1 cm³/mol. The van der Waals surface area contributed by atoms with Crippen LogP contribution in [0.25, 0.3) is 0 Å². The molecule has 21 heavy (non-hydrogen) atoms. The summed E-state index contributed by atoms with van der Waals surface area (Å²) in [6, 6.07) is 5.86. The van der Waals surface area contributed by atoms with E-state index in [-0.39, 0.29) is 24.0 Å². The van der Waals surface area contributed by atoms with Gasteiger partial charge in [-0.05, 0) is 24.5 Å². The summed E-state index contributed by atoms with van der Waals surface area (Å²) >= 11 is 0. The molecule has 1 rings (SSSR count). The number of nitrogens with one attached hydrogen (secondary N) is 2. The van der Waals surface area contributed by atoms with E-state index in [1.165, 1.54) is 0 Å². The summed E-state index contributed by atoms with van der Waals surface area (Å²) in [6.45, 7) is 7.32. The van der Waals surface area contributed by atoms with Crippen molar-refractivity contribution in [3.8, 4) is 0 Å². The van der Waals surface area contributed by atoms with Crippen LogP contribution >= 0.6 is 24.0 Å². The summed E-state index contributed by atoms with van der Waals surface area (Å²) in [5, 5.41) is 6.43. The molecule has 1 aromatic heterocycles. The van der Waals surface area contributed by atoms with E-state index >= 15 is 0 Å². The molecule has 0 aliphatic heterocycles. The lowest BCUT2D eigenvalue weighted by Crippen LogP contribution is -2.38. The average molecular weight is 406 g/mol. The molecular weight excluding hydrogens is 379 g/mol. The minimum absolute atomic E-state index is 0. The van der Waals surface area contributed by atoms with Crippen LogP contribution in [0.1, 0.15) is 26.0 Å². The Morgan fingerprint density at radius 1 is 1.29 bits per heavy atom. The number of aromatic nitrogens is 1. The summed E-state index contributed by atoms with van der Waals surface area (Å²) in [6.07, 6.45) is 2.89. The highest BCUT2D eigenvalue weighted by atomic mass is 127. The third-order valence-corrected chi connectivity index (χ3v) is 2.77. The Bertz CT molecular complexity index is 385. The highest BCUT2D eigenvalue weighted by molar-refractivity contribution is 14.0. The third kappa shape index (κ3) is 10.5. The van der Waals surface area contributed by atoms with Gasteiger partial charge in [0.25, 0.3) is 0 Å². The lowest BCUT2D eigenvalue weighted by molar-refractivity contribution is 0.128. The maximum atomic E-state index is 5.54.